The van der Waals surface area contributed by atoms with E-state index in [1.165, 1.54) is 0 Å². The van der Waals surface area contributed by atoms with Crippen LogP contribution in [0.15, 0.2) is 58.8 Å². The molecule has 0 aliphatic rings. The van der Waals surface area contributed by atoms with Crippen molar-refractivity contribution >= 4 is 38.5 Å². The zero-order valence-corrected chi connectivity index (χ0v) is 14.4. The molecular weight excluding hydrogens is 386 g/mol. The number of allylic oxidation sites excluding steroid dienone is 1. The molecular formula is C18H12BrN3O3. The first-order valence-electron chi connectivity index (χ1n) is 7.28. The molecule has 0 saturated carbocycles. The Morgan fingerprint density at radius 1 is 1.24 bits per heavy atom. The maximum atomic E-state index is 12.0. The number of halogens is 1. The highest BCUT2D eigenvalue weighted by Gasteiger charge is 2.15. The number of H-pyrrole nitrogens is 1. The second-order valence-electron chi connectivity index (χ2n) is 5.12. The van der Waals surface area contributed by atoms with Crippen molar-refractivity contribution in [1.29, 1.82) is 5.26 Å². The molecule has 6 nitrogen and oxygen atoms in total. The summed E-state index contributed by atoms with van der Waals surface area (Å²) in [5, 5.41) is 19.5. The zero-order valence-electron chi connectivity index (χ0n) is 12.9. The molecule has 3 rings (SSSR count). The van der Waals surface area contributed by atoms with Crippen molar-refractivity contribution in [2.45, 2.75) is 0 Å². The van der Waals surface area contributed by atoms with E-state index in [0.29, 0.717) is 11.1 Å². The molecule has 124 valence electrons. The zero-order chi connectivity index (χ0) is 17.8. The Balaban J connectivity index is 1.78. The van der Waals surface area contributed by atoms with Crippen molar-refractivity contribution in [3.05, 3.63) is 70.2 Å². The molecule has 0 unspecified atom stereocenters. The van der Waals surface area contributed by atoms with Crippen LogP contribution < -0.4 is 0 Å². The molecule has 0 radical (unpaired) electrons. The Hall–Kier alpha value is -3.11. The Bertz CT molecular complexity index is 967. The third-order valence-electron chi connectivity index (χ3n) is 3.45. The molecule has 0 spiro atoms. The number of nitrogens with one attached hydrogen (secondary N) is 1. The lowest BCUT2D eigenvalue weighted by Gasteiger charge is -2.05. The first kappa shape index (κ1) is 16.7. The van der Waals surface area contributed by atoms with Crippen LogP contribution in [0.4, 0.5) is 0 Å². The molecule has 0 fully saturated rings. The number of aliphatic hydroxyl groups is 1. The summed E-state index contributed by atoms with van der Waals surface area (Å²) in [5.41, 5.74) is 1.69. The van der Waals surface area contributed by atoms with Crippen molar-refractivity contribution in [3.8, 4) is 6.07 Å². The van der Waals surface area contributed by atoms with E-state index in [2.05, 4.69) is 25.9 Å². The number of nitrogens with zero attached hydrogens (tertiary/aromatic N) is 2. The molecule has 0 aliphatic carbocycles. The highest BCUT2D eigenvalue weighted by atomic mass is 79.9. The fourth-order valence-corrected chi connectivity index (χ4v) is 2.47. The number of ether oxygens (including phenoxy) is 1. The summed E-state index contributed by atoms with van der Waals surface area (Å²) in [7, 11) is 0. The van der Waals surface area contributed by atoms with Gasteiger partial charge in [-0.1, -0.05) is 28.1 Å². The molecule has 1 heterocycles. The van der Waals surface area contributed by atoms with Gasteiger partial charge in [0.25, 0.3) is 0 Å². The predicted octanol–water partition coefficient (Wildman–Crippen LogP) is 3.98. The number of fused-ring (bicyclic) bond motifs is 1. The van der Waals surface area contributed by atoms with E-state index in [1.807, 2.05) is 24.3 Å². The highest BCUT2D eigenvalue weighted by molar-refractivity contribution is 9.10. The van der Waals surface area contributed by atoms with Crippen LogP contribution in [0, 0.1) is 11.3 Å². The summed E-state index contributed by atoms with van der Waals surface area (Å²) in [6.07, 6.45) is 0. The van der Waals surface area contributed by atoms with Gasteiger partial charge in [-0.2, -0.15) is 5.26 Å². The van der Waals surface area contributed by atoms with E-state index in [-0.39, 0.29) is 17.2 Å². The van der Waals surface area contributed by atoms with Gasteiger partial charge in [-0.15, -0.1) is 0 Å². The van der Waals surface area contributed by atoms with Crippen LogP contribution in [0.25, 0.3) is 16.6 Å². The molecule has 0 bridgehead atoms. The number of rotatable bonds is 4. The van der Waals surface area contributed by atoms with Gasteiger partial charge >= 0.3 is 5.97 Å². The number of esters is 1. The monoisotopic (exact) mass is 397 g/mol. The van der Waals surface area contributed by atoms with Gasteiger partial charge in [0, 0.05) is 4.47 Å². The number of hydrogen-bond acceptors (Lipinski definition) is 5. The lowest BCUT2D eigenvalue weighted by atomic mass is 10.2. The topological polar surface area (TPSA) is 99.0 Å². The average Bonchev–Trinajstić information content (AvgIpc) is 3.04. The van der Waals surface area contributed by atoms with Crippen LogP contribution >= 0.6 is 15.9 Å². The molecule has 7 heteroatoms. The SMILES string of the molecule is N#C/C(=C(\O)COC(=O)c1ccc(Br)cc1)c1nc2ccccc2[nH]1. The predicted molar refractivity (Wildman–Crippen MR) is 95.7 cm³/mol. The third-order valence-corrected chi connectivity index (χ3v) is 3.98. The van der Waals surface area contributed by atoms with Crippen LogP contribution in [0.5, 0.6) is 0 Å². The average molecular weight is 398 g/mol. The van der Waals surface area contributed by atoms with Crippen molar-refractivity contribution in [2.75, 3.05) is 6.61 Å². The van der Waals surface area contributed by atoms with Gasteiger partial charge in [0.05, 0.1) is 16.6 Å². The van der Waals surface area contributed by atoms with Crippen LogP contribution in [-0.2, 0) is 4.74 Å². The van der Waals surface area contributed by atoms with Gasteiger partial charge in [-0.3, -0.25) is 0 Å². The van der Waals surface area contributed by atoms with Crippen LogP contribution in [-0.4, -0.2) is 27.7 Å². The normalized spacial score (nSPS) is 11.7. The van der Waals surface area contributed by atoms with E-state index in [0.717, 1.165) is 9.99 Å². The first-order chi connectivity index (χ1) is 12.1. The first-order valence-corrected chi connectivity index (χ1v) is 8.08. The van der Waals surface area contributed by atoms with Gasteiger partial charge in [0.15, 0.2) is 11.6 Å². The molecule has 0 amide bonds. The number of imidazole rings is 1. The maximum Gasteiger partial charge on any atom is 0.338 e. The second kappa shape index (κ2) is 7.20. The van der Waals surface area contributed by atoms with Crippen molar-refractivity contribution in [1.82, 2.24) is 9.97 Å². The van der Waals surface area contributed by atoms with Crippen molar-refractivity contribution < 1.29 is 14.6 Å². The largest absolute Gasteiger partial charge is 0.507 e. The Kier molecular flexibility index (Phi) is 4.82. The maximum absolute atomic E-state index is 12.0. The fourth-order valence-electron chi connectivity index (χ4n) is 2.20. The molecule has 2 N–H and O–H groups in total. The third kappa shape index (κ3) is 3.70. The lowest BCUT2D eigenvalue weighted by molar-refractivity contribution is 0.0503. The number of carbonyl (C=O) groups is 1. The minimum absolute atomic E-state index is 0.0696. The summed E-state index contributed by atoms with van der Waals surface area (Å²) in [6, 6.07) is 15.8. The van der Waals surface area contributed by atoms with E-state index < -0.39 is 12.6 Å². The number of hydrogen-bond donors (Lipinski definition) is 2. The van der Waals surface area contributed by atoms with Gasteiger partial charge in [0.1, 0.15) is 18.2 Å². The Morgan fingerprint density at radius 2 is 1.96 bits per heavy atom. The second-order valence-corrected chi connectivity index (χ2v) is 6.03. The number of aliphatic hydroxyl groups excluding tert-OH is 1. The van der Waals surface area contributed by atoms with Gasteiger partial charge in [0.2, 0.25) is 0 Å². The number of aromatic amines is 1. The quantitative estimate of drug-likeness (QED) is 0.394. The molecule has 0 aliphatic heterocycles. The van der Waals surface area contributed by atoms with E-state index in [9.17, 15) is 15.2 Å². The summed E-state index contributed by atoms with van der Waals surface area (Å²) < 4.78 is 5.89. The minimum atomic E-state index is -0.596. The van der Waals surface area contributed by atoms with Crippen molar-refractivity contribution in [3.63, 3.8) is 0 Å². The van der Waals surface area contributed by atoms with Crippen molar-refractivity contribution in [2.24, 2.45) is 0 Å². The number of aromatic nitrogens is 2. The Labute approximate surface area is 151 Å². The van der Waals surface area contributed by atoms with Gasteiger partial charge in [-0.25, -0.2) is 9.78 Å². The molecule has 25 heavy (non-hydrogen) atoms. The lowest BCUT2D eigenvalue weighted by Crippen LogP contribution is -2.09. The molecule has 1 aromatic heterocycles. The Morgan fingerprint density at radius 3 is 2.64 bits per heavy atom. The number of benzene rings is 2. The minimum Gasteiger partial charge on any atom is -0.507 e. The summed E-state index contributed by atoms with van der Waals surface area (Å²) in [6.45, 7) is -0.422. The van der Waals surface area contributed by atoms with E-state index >= 15 is 0 Å². The summed E-state index contributed by atoms with van der Waals surface area (Å²) in [4.78, 5) is 19.2. The summed E-state index contributed by atoms with van der Waals surface area (Å²) in [5.74, 6) is -0.742. The molecule has 3 aromatic rings. The smallest absolute Gasteiger partial charge is 0.338 e. The van der Waals surface area contributed by atoms with Gasteiger partial charge < -0.3 is 14.8 Å². The molecule has 0 saturated heterocycles. The number of para-hydroxylation sites is 2. The van der Waals surface area contributed by atoms with E-state index in [4.69, 9.17) is 4.74 Å². The van der Waals surface area contributed by atoms with Crippen LogP contribution in [0.2, 0.25) is 0 Å². The standard InChI is InChI=1S/C18H12BrN3O3/c19-12-7-5-11(6-8-12)18(24)25-10-16(23)13(9-20)17-21-14-3-1-2-4-15(14)22-17/h1-8,23H,10H2,(H,21,22)/b16-13+. The molecule has 0 atom stereocenters. The van der Waals surface area contributed by atoms with E-state index in [1.54, 1.807) is 30.3 Å². The van der Waals surface area contributed by atoms with Gasteiger partial charge in [-0.05, 0) is 36.4 Å². The fraction of sp³-hybridized carbons (Fsp3) is 0.0556. The number of carbonyl (C=O) groups excluding carboxylic acids is 1. The summed E-state index contributed by atoms with van der Waals surface area (Å²) >= 11 is 3.28. The highest BCUT2D eigenvalue weighted by Crippen LogP contribution is 2.19. The molecule has 2 aromatic carbocycles. The number of nitriles is 1. The van der Waals surface area contributed by atoms with Crippen LogP contribution in [0.1, 0.15) is 16.2 Å². The van der Waals surface area contributed by atoms with Crippen LogP contribution in [0.3, 0.4) is 0 Å².